The van der Waals surface area contributed by atoms with Crippen LogP contribution in [0.4, 0.5) is 10.5 Å². The molecule has 0 saturated carbocycles. The second kappa shape index (κ2) is 5.51. The van der Waals surface area contributed by atoms with E-state index in [-0.39, 0.29) is 0 Å². The lowest BCUT2D eigenvalue weighted by molar-refractivity contribution is 0.259. The minimum atomic E-state index is -0.541. The lowest BCUT2D eigenvalue weighted by Gasteiger charge is -2.17. The van der Waals surface area contributed by atoms with E-state index in [4.69, 9.17) is 5.73 Å². The minimum absolute atomic E-state index is 0.294. The molecule has 1 atom stereocenters. The van der Waals surface area contributed by atoms with Gasteiger partial charge in [-0.25, -0.2) is 4.79 Å². The Hall–Kier alpha value is -1.55. The number of carbonyl (C=O) groups is 1. The molecule has 88 valence electrons. The number of primary amides is 1. The van der Waals surface area contributed by atoms with Crippen LogP contribution in [-0.4, -0.2) is 12.1 Å². The molecule has 0 aliphatic heterocycles. The molecule has 4 nitrogen and oxygen atoms in total. The van der Waals surface area contributed by atoms with Crippen molar-refractivity contribution in [3.63, 3.8) is 0 Å². The van der Waals surface area contributed by atoms with Crippen LogP contribution < -0.4 is 16.4 Å². The zero-order valence-electron chi connectivity index (χ0n) is 9.95. The number of hydrogen-bond donors (Lipinski definition) is 3. The molecule has 0 aromatic heterocycles. The van der Waals surface area contributed by atoms with Crippen molar-refractivity contribution in [1.82, 2.24) is 5.32 Å². The van der Waals surface area contributed by atoms with Gasteiger partial charge in [0.15, 0.2) is 0 Å². The summed E-state index contributed by atoms with van der Waals surface area (Å²) in [7, 11) is 0. The fraction of sp³-hybridized carbons (Fsp3) is 0.417. The first-order chi connectivity index (χ1) is 7.49. The molecule has 0 heterocycles. The van der Waals surface area contributed by atoms with Gasteiger partial charge in [0.2, 0.25) is 0 Å². The maximum atomic E-state index is 10.6. The van der Waals surface area contributed by atoms with E-state index >= 15 is 0 Å². The summed E-state index contributed by atoms with van der Waals surface area (Å²) in [5, 5.41) is 5.94. The molecule has 1 unspecified atom stereocenters. The van der Waals surface area contributed by atoms with Crippen molar-refractivity contribution in [3.05, 3.63) is 29.8 Å². The van der Waals surface area contributed by atoms with E-state index in [9.17, 15) is 4.79 Å². The predicted molar refractivity (Wildman–Crippen MR) is 66.3 cm³/mol. The number of nitrogens with one attached hydrogen (secondary N) is 2. The van der Waals surface area contributed by atoms with Gasteiger partial charge in [0.25, 0.3) is 0 Å². The SMILES string of the molecule is CC(C)NC(C)c1ccc(NC(N)=O)cc1. The van der Waals surface area contributed by atoms with Gasteiger partial charge < -0.3 is 16.4 Å². The summed E-state index contributed by atoms with van der Waals surface area (Å²) in [6, 6.07) is 7.84. The topological polar surface area (TPSA) is 67.2 Å². The summed E-state index contributed by atoms with van der Waals surface area (Å²) < 4.78 is 0. The average molecular weight is 221 g/mol. The Balaban J connectivity index is 2.66. The van der Waals surface area contributed by atoms with Gasteiger partial charge in [-0.2, -0.15) is 0 Å². The van der Waals surface area contributed by atoms with E-state index < -0.39 is 6.03 Å². The molecule has 0 fully saturated rings. The standard InChI is InChI=1S/C12H19N3O/c1-8(2)14-9(3)10-4-6-11(7-5-10)15-12(13)16/h4-9,14H,1-3H3,(H3,13,15,16). The Bertz CT molecular complexity index is 346. The number of nitrogens with two attached hydrogens (primary N) is 1. The van der Waals surface area contributed by atoms with E-state index in [2.05, 4.69) is 31.4 Å². The zero-order chi connectivity index (χ0) is 12.1. The highest BCUT2D eigenvalue weighted by molar-refractivity contribution is 5.87. The molecule has 0 aliphatic carbocycles. The molecule has 2 amide bonds. The van der Waals surface area contributed by atoms with Crippen molar-refractivity contribution in [2.24, 2.45) is 5.73 Å². The van der Waals surface area contributed by atoms with Gasteiger partial charge in [0.1, 0.15) is 0 Å². The lowest BCUT2D eigenvalue weighted by Crippen LogP contribution is -2.26. The molecule has 0 aliphatic rings. The highest BCUT2D eigenvalue weighted by atomic mass is 16.2. The van der Waals surface area contributed by atoms with E-state index in [1.165, 1.54) is 5.56 Å². The smallest absolute Gasteiger partial charge is 0.316 e. The van der Waals surface area contributed by atoms with Crippen molar-refractivity contribution in [2.45, 2.75) is 32.9 Å². The van der Waals surface area contributed by atoms with Crippen LogP contribution in [0, 0.1) is 0 Å². The third-order valence-corrected chi connectivity index (χ3v) is 2.26. The minimum Gasteiger partial charge on any atom is -0.351 e. The van der Waals surface area contributed by atoms with Crippen molar-refractivity contribution >= 4 is 11.7 Å². The number of anilines is 1. The molecule has 0 spiro atoms. The average Bonchev–Trinajstić information content (AvgIpc) is 2.16. The second-order valence-corrected chi connectivity index (χ2v) is 4.15. The lowest BCUT2D eigenvalue weighted by atomic mass is 10.1. The van der Waals surface area contributed by atoms with Gasteiger partial charge in [-0.3, -0.25) is 0 Å². The molecule has 4 heteroatoms. The Labute approximate surface area is 96.2 Å². The van der Waals surface area contributed by atoms with Gasteiger partial charge in [-0.05, 0) is 24.6 Å². The van der Waals surface area contributed by atoms with Crippen LogP contribution in [0.3, 0.4) is 0 Å². The van der Waals surface area contributed by atoms with Crippen LogP contribution in [-0.2, 0) is 0 Å². The fourth-order valence-electron chi connectivity index (χ4n) is 1.59. The first-order valence-electron chi connectivity index (χ1n) is 5.41. The van der Waals surface area contributed by atoms with Gasteiger partial charge in [-0.1, -0.05) is 26.0 Å². The maximum absolute atomic E-state index is 10.6. The summed E-state index contributed by atoms with van der Waals surface area (Å²) >= 11 is 0. The van der Waals surface area contributed by atoms with Crippen LogP contribution in [0.5, 0.6) is 0 Å². The van der Waals surface area contributed by atoms with E-state index in [1.807, 2.05) is 24.3 Å². The molecule has 0 bridgehead atoms. The van der Waals surface area contributed by atoms with E-state index in [0.29, 0.717) is 17.8 Å². The molecular weight excluding hydrogens is 202 g/mol. The number of amides is 2. The number of rotatable bonds is 4. The maximum Gasteiger partial charge on any atom is 0.316 e. The number of carbonyl (C=O) groups excluding carboxylic acids is 1. The van der Waals surface area contributed by atoms with E-state index in [1.54, 1.807) is 0 Å². The highest BCUT2D eigenvalue weighted by Gasteiger charge is 2.06. The van der Waals surface area contributed by atoms with Crippen LogP contribution in [0.1, 0.15) is 32.4 Å². The first-order valence-corrected chi connectivity index (χ1v) is 5.41. The molecule has 0 radical (unpaired) electrons. The molecule has 0 saturated heterocycles. The quantitative estimate of drug-likeness (QED) is 0.730. The fourth-order valence-corrected chi connectivity index (χ4v) is 1.59. The summed E-state index contributed by atoms with van der Waals surface area (Å²) in [6.07, 6.45) is 0. The van der Waals surface area contributed by atoms with Crippen LogP contribution in [0.25, 0.3) is 0 Å². The highest BCUT2D eigenvalue weighted by Crippen LogP contribution is 2.16. The predicted octanol–water partition coefficient (Wildman–Crippen LogP) is 2.24. The molecule has 1 aromatic carbocycles. The number of benzene rings is 1. The van der Waals surface area contributed by atoms with Crippen LogP contribution in [0.15, 0.2) is 24.3 Å². The second-order valence-electron chi connectivity index (χ2n) is 4.15. The van der Waals surface area contributed by atoms with Crippen LogP contribution >= 0.6 is 0 Å². The largest absolute Gasteiger partial charge is 0.351 e. The van der Waals surface area contributed by atoms with Gasteiger partial charge in [-0.15, -0.1) is 0 Å². The van der Waals surface area contributed by atoms with Crippen molar-refractivity contribution < 1.29 is 4.79 Å². The summed E-state index contributed by atoms with van der Waals surface area (Å²) in [5.74, 6) is 0. The van der Waals surface area contributed by atoms with Crippen molar-refractivity contribution in [2.75, 3.05) is 5.32 Å². The normalized spacial score (nSPS) is 12.5. The van der Waals surface area contributed by atoms with Crippen molar-refractivity contribution in [3.8, 4) is 0 Å². The Morgan fingerprint density at radius 2 is 1.75 bits per heavy atom. The third-order valence-electron chi connectivity index (χ3n) is 2.26. The monoisotopic (exact) mass is 221 g/mol. The third kappa shape index (κ3) is 3.90. The molecule has 4 N–H and O–H groups in total. The molecule has 1 aromatic rings. The summed E-state index contributed by atoms with van der Waals surface area (Å²) in [5.41, 5.74) is 6.93. The van der Waals surface area contributed by atoms with Gasteiger partial charge in [0, 0.05) is 17.8 Å². The van der Waals surface area contributed by atoms with Gasteiger partial charge >= 0.3 is 6.03 Å². The Morgan fingerprint density at radius 3 is 2.19 bits per heavy atom. The molecule has 1 rings (SSSR count). The summed E-state index contributed by atoms with van der Waals surface area (Å²) in [6.45, 7) is 6.33. The van der Waals surface area contributed by atoms with E-state index in [0.717, 1.165) is 0 Å². The molecular formula is C12H19N3O. The Morgan fingerprint density at radius 1 is 1.19 bits per heavy atom. The van der Waals surface area contributed by atoms with Crippen LogP contribution in [0.2, 0.25) is 0 Å². The number of urea groups is 1. The van der Waals surface area contributed by atoms with Gasteiger partial charge in [0.05, 0.1) is 0 Å². The number of hydrogen-bond acceptors (Lipinski definition) is 2. The molecule has 16 heavy (non-hydrogen) atoms. The Kier molecular flexibility index (Phi) is 4.31. The zero-order valence-corrected chi connectivity index (χ0v) is 9.95. The first kappa shape index (κ1) is 12.5. The summed E-state index contributed by atoms with van der Waals surface area (Å²) in [4.78, 5) is 10.6. The van der Waals surface area contributed by atoms with Crippen molar-refractivity contribution in [1.29, 1.82) is 0 Å².